The van der Waals surface area contributed by atoms with E-state index in [1.807, 2.05) is 6.08 Å². The molecule has 2 aliphatic heterocycles. The largest absolute Gasteiger partial charge is 0.372 e. The van der Waals surface area contributed by atoms with Crippen LogP contribution in [-0.4, -0.2) is 54.4 Å². The van der Waals surface area contributed by atoms with Crippen LogP contribution in [0.5, 0.6) is 0 Å². The van der Waals surface area contributed by atoms with Gasteiger partial charge in [0, 0.05) is 31.9 Å². The molecule has 0 aliphatic carbocycles. The number of thioether (sulfide) groups is 1. The van der Waals surface area contributed by atoms with E-state index >= 15 is 0 Å². The lowest BCUT2D eigenvalue weighted by Gasteiger charge is -2.35. The molecule has 3 rings (SSSR count). The van der Waals surface area contributed by atoms with Crippen LogP contribution < -0.4 is 4.90 Å². The van der Waals surface area contributed by atoms with Crippen LogP contribution in [0, 0.1) is 0 Å². The highest BCUT2D eigenvalue weighted by Crippen LogP contribution is 2.31. The molecule has 0 N–H and O–H groups in total. The van der Waals surface area contributed by atoms with E-state index in [-0.39, 0.29) is 18.1 Å². The lowest BCUT2D eigenvalue weighted by molar-refractivity contribution is -0.113. The third kappa shape index (κ3) is 4.30. The van der Waals surface area contributed by atoms with Crippen molar-refractivity contribution in [3.63, 3.8) is 0 Å². The number of anilines is 1. The first-order valence-electron chi connectivity index (χ1n) is 9.28. The lowest BCUT2D eigenvalue weighted by atomic mass is 10.2. The molecule has 6 heteroatoms. The number of aliphatic imine (C=N–C) groups is 1. The van der Waals surface area contributed by atoms with Gasteiger partial charge in [0.25, 0.3) is 5.91 Å². The first-order chi connectivity index (χ1) is 12.5. The molecule has 0 bridgehead atoms. The fraction of sp³-hybridized carbons (Fsp3) is 0.500. The van der Waals surface area contributed by atoms with E-state index in [4.69, 9.17) is 4.74 Å². The minimum atomic E-state index is -0.149. The second-order valence-corrected chi connectivity index (χ2v) is 7.75. The van der Waals surface area contributed by atoms with Crippen molar-refractivity contribution >= 4 is 34.6 Å². The number of hydrogen-bond donors (Lipinski definition) is 0. The SMILES string of the molecule is CCN(CC)c1ccc(/C=C2\SC(N3C[C@H](C)O[C@@H](C)C3)=NC2=O)cc1. The molecule has 1 amide bonds. The Morgan fingerprint density at radius 2 is 1.81 bits per heavy atom. The van der Waals surface area contributed by atoms with E-state index < -0.39 is 0 Å². The number of benzene rings is 1. The summed E-state index contributed by atoms with van der Waals surface area (Å²) in [4.78, 5) is 21.7. The maximum absolute atomic E-state index is 12.3. The van der Waals surface area contributed by atoms with Gasteiger partial charge < -0.3 is 14.5 Å². The van der Waals surface area contributed by atoms with Crippen LogP contribution in [0.2, 0.25) is 0 Å². The maximum atomic E-state index is 12.3. The zero-order chi connectivity index (χ0) is 18.7. The molecule has 2 heterocycles. The second kappa shape index (κ2) is 8.27. The van der Waals surface area contributed by atoms with Gasteiger partial charge in [-0.25, -0.2) is 0 Å². The molecule has 1 aromatic carbocycles. The van der Waals surface area contributed by atoms with Crippen molar-refractivity contribution in [3.05, 3.63) is 34.7 Å². The summed E-state index contributed by atoms with van der Waals surface area (Å²) in [6, 6.07) is 8.34. The number of carbonyl (C=O) groups is 1. The molecule has 1 aromatic rings. The Balaban J connectivity index is 1.70. The molecule has 140 valence electrons. The van der Waals surface area contributed by atoms with Gasteiger partial charge in [-0.3, -0.25) is 4.79 Å². The third-order valence-electron chi connectivity index (χ3n) is 4.62. The zero-order valence-electron chi connectivity index (χ0n) is 15.9. The van der Waals surface area contributed by atoms with Gasteiger partial charge in [0.2, 0.25) is 0 Å². The molecular weight excluding hydrogens is 346 g/mol. The summed E-state index contributed by atoms with van der Waals surface area (Å²) in [6.07, 6.45) is 2.23. The van der Waals surface area contributed by atoms with E-state index in [2.05, 4.69) is 66.8 Å². The predicted molar refractivity (Wildman–Crippen MR) is 110 cm³/mol. The smallest absolute Gasteiger partial charge is 0.286 e. The molecule has 0 radical (unpaired) electrons. The number of rotatable bonds is 4. The summed E-state index contributed by atoms with van der Waals surface area (Å²) < 4.78 is 5.76. The summed E-state index contributed by atoms with van der Waals surface area (Å²) in [7, 11) is 0. The van der Waals surface area contributed by atoms with E-state index in [0.29, 0.717) is 4.91 Å². The van der Waals surface area contributed by atoms with Crippen LogP contribution in [0.25, 0.3) is 6.08 Å². The van der Waals surface area contributed by atoms with Crippen LogP contribution >= 0.6 is 11.8 Å². The van der Waals surface area contributed by atoms with Crippen LogP contribution in [-0.2, 0) is 9.53 Å². The van der Waals surface area contributed by atoms with Crippen LogP contribution in [0.4, 0.5) is 5.69 Å². The fourth-order valence-electron chi connectivity index (χ4n) is 3.39. The average Bonchev–Trinajstić information content (AvgIpc) is 2.97. The molecule has 0 aromatic heterocycles. The highest BCUT2D eigenvalue weighted by atomic mass is 32.2. The van der Waals surface area contributed by atoms with Crippen molar-refractivity contribution in [1.82, 2.24) is 4.90 Å². The Bertz CT molecular complexity index is 700. The highest BCUT2D eigenvalue weighted by Gasteiger charge is 2.30. The fourth-order valence-corrected chi connectivity index (χ4v) is 4.32. The first-order valence-corrected chi connectivity index (χ1v) is 10.1. The molecule has 26 heavy (non-hydrogen) atoms. The van der Waals surface area contributed by atoms with Gasteiger partial charge in [-0.05, 0) is 63.2 Å². The number of nitrogens with zero attached hydrogens (tertiary/aromatic N) is 3. The first kappa shape index (κ1) is 19.0. The van der Waals surface area contributed by atoms with Crippen molar-refractivity contribution in [3.8, 4) is 0 Å². The molecule has 0 unspecified atom stereocenters. The molecule has 2 aliphatic rings. The van der Waals surface area contributed by atoms with Crippen LogP contribution in [0.15, 0.2) is 34.2 Å². The monoisotopic (exact) mass is 373 g/mol. The predicted octanol–water partition coefficient (Wildman–Crippen LogP) is 3.61. The van der Waals surface area contributed by atoms with Crippen LogP contribution in [0.1, 0.15) is 33.3 Å². The lowest BCUT2D eigenvalue weighted by Crippen LogP contribution is -2.47. The summed E-state index contributed by atoms with van der Waals surface area (Å²) in [5, 5.41) is 0.794. The number of morpholine rings is 1. The molecule has 2 atom stereocenters. The highest BCUT2D eigenvalue weighted by molar-refractivity contribution is 8.18. The topological polar surface area (TPSA) is 45.1 Å². The number of ether oxygens (including phenoxy) is 1. The van der Waals surface area contributed by atoms with Crippen molar-refractivity contribution in [2.75, 3.05) is 31.1 Å². The Hall–Kier alpha value is -1.79. The minimum absolute atomic E-state index is 0.149. The normalized spacial score (nSPS) is 24.9. The van der Waals surface area contributed by atoms with Gasteiger partial charge in [-0.1, -0.05) is 12.1 Å². The van der Waals surface area contributed by atoms with Gasteiger partial charge >= 0.3 is 0 Å². The number of amidine groups is 1. The maximum Gasteiger partial charge on any atom is 0.286 e. The van der Waals surface area contributed by atoms with E-state index in [9.17, 15) is 4.79 Å². The van der Waals surface area contributed by atoms with Gasteiger partial charge in [0.05, 0.1) is 17.1 Å². The summed E-state index contributed by atoms with van der Waals surface area (Å²) in [5.41, 5.74) is 2.23. The second-order valence-electron chi connectivity index (χ2n) is 6.74. The Labute approximate surface area is 160 Å². The molecule has 5 nitrogen and oxygen atoms in total. The molecule has 1 fully saturated rings. The van der Waals surface area contributed by atoms with Crippen molar-refractivity contribution in [1.29, 1.82) is 0 Å². The van der Waals surface area contributed by atoms with Gasteiger partial charge in [-0.2, -0.15) is 4.99 Å². The Morgan fingerprint density at radius 1 is 1.19 bits per heavy atom. The van der Waals surface area contributed by atoms with Gasteiger partial charge in [0.1, 0.15) is 0 Å². The van der Waals surface area contributed by atoms with Gasteiger partial charge in [0.15, 0.2) is 5.17 Å². The Kier molecular flexibility index (Phi) is 6.04. The average molecular weight is 374 g/mol. The van der Waals surface area contributed by atoms with E-state index in [1.165, 1.54) is 17.4 Å². The third-order valence-corrected chi connectivity index (χ3v) is 5.66. The van der Waals surface area contributed by atoms with Crippen LogP contribution in [0.3, 0.4) is 0 Å². The van der Waals surface area contributed by atoms with Crippen molar-refractivity contribution in [2.24, 2.45) is 4.99 Å². The number of hydrogen-bond acceptors (Lipinski definition) is 5. The number of amides is 1. The summed E-state index contributed by atoms with van der Waals surface area (Å²) >= 11 is 1.47. The molecule has 0 saturated carbocycles. The molecule has 0 spiro atoms. The quantitative estimate of drug-likeness (QED) is 0.755. The summed E-state index contributed by atoms with van der Waals surface area (Å²) in [6.45, 7) is 11.9. The molecule has 1 saturated heterocycles. The van der Waals surface area contributed by atoms with Gasteiger partial charge in [-0.15, -0.1) is 0 Å². The van der Waals surface area contributed by atoms with E-state index in [0.717, 1.165) is 36.9 Å². The van der Waals surface area contributed by atoms with Crippen molar-refractivity contribution < 1.29 is 9.53 Å². The standard InChI is InChI=1S/C20H27N3O2S/c1-5-22(6-2)17-9-7-16(8-10-17)11-18-19(24)21-20(26-18)23-12-14(3)25-15(4)13-23/h7-11,14-15H,5-6,12-13H2,1-4H3/b18-11-/t14-,15-/m0/s1. The zero-order valence-corrected chi connectivity index (χ0v) is 16.8. The minimum Gasteiger partial charge on any atom is -0.372 e. The molecular formula is C20H27N3O2S. The van der Waals surface area contributed by atoms with Crippen molar-refractivity contribution in [2.45, 2.75) is 39.9 Å². The number of carbonyl (C=O) groups excluding carboxylic acids is 1. The Morgan fingerprint density at radius 3 is 2.38 bits per heavy atom. The van der Waals surface area contributed by atoms with E-state index in [1.54, 1.807) is 0 Å². The summed E-state index contributed by atoms with van der Waals surface area (Å²) in [5.74, 6) is -0.149.